The maximum Gasteiger partial charge on any atom is 0.341 e. The van der Waals surface area contributed by atoms with E-state index in [1.165, 1.54) is 4.90 Å². The van der Waals surface area contributed by atoms with Crippen molar-refractivity contribution in [3.05, 3.63) is 0 Å². The summed E-state index contributed by atoms with van der Waals surface area (Å²) in [5.74, 6) is 0.122. The van der Waals surface area contributed by atoms with Crippen LogP contribution in [0.5, 0.6) is 0 Å². The average molecular weight is 205 g/mol. The van der Waals surface area contributed by atoms with Crippen LogP contribution in [0.15, 0.2) is 0 Å². The fourth-order valence-corrected chi connectivity index (χ4v) is 1.32. The second-order valence-electron chi connectivity index (χ2n) is 3.32. The highest BCUT2D eigenvalue weighted by Gasteiger charge is 2.35. The lowest BCUT2D eigenvalue weighted by atomic mass is 10.1. The monoisotopic (exact) mass is 204 g/mol. The van der Waals surface area contributed by atoms with Crippen LogP contribution in [0.25, 0.3) is 0 Å². The molecule has 74 valence electrons. The van der Waals surface area contributed by atoms with E-state index < -0.39 is 6.03 Å². The van der Waals surface area contributed by atoms with E-state index in [2.05, 4.69) is 0 Å². The minimum Gasteiger partial charge on any atom is -0.272 e. The van der Waals surface area contributed by atoms with E-state index in [9.17, 15) is 9.59 Å². The summed E-state index contributed by atoms with van der Waals surface area (Å²) in [4.78, 5) is 23.7. The molecule has 1 unspecified atom stereocenters. The van der Waals surface area contributed by atoms with Crippen LogP contribution in [0.2, 0.25) is 0 Å². The first-order valence-electron chi connectivity index (χ1n) is 4.34. The number of hydrogen-bond acceptors (Lipinski definition) is 2. The van der Waals surface area contributed by atoms with Gasteiger partial charge in [0.1, 0.15) is 6.54 Å². The maximum atomic E-state index is 11.3. The van der Waals surface area contributed by atoms with Crippen LogP contribution in [-0.2, 0) is 4.79 Å². The van der Waals surface area contributed by atoms with E-state index in [-0.39, 0.29) is 12.5 Å². The smallest absolute Gasteiger partial charge is 0.272 e. The van der Waals surface area contributed by atoms with E-state index in [0.717, 1.165) is 10.8 Å². The average Bonchev–Trinajstić information content (AvgIpc) is 2.32. The summed E-state index contributed by atoms with van der Waals surface area (Å²) in [5.41, 5.74) is 0. The number of carbonyl (C=O) groups is 2. The Kier molecular flexibility index (Phi) is 3.14. The molecule has 4 nitrogen and oxygen atoms in total. The molecule has 0 aromatic carbocycles. The van der Waals surface area contributed by atoms with E-state index in [0.29, 0.717) is 12.5 Å². The molecule has 0 aromatic rings. The highest BCUT2D eigenvalue weighted by Crippen LogP contribution is 2.15. The van der Waals surface area contributed by atoms with Crippen LogP contribution in [0.1, 0.15) is 20.3 Å². The largest absolute Gasteiger partial charge is 0.341 e. The molecular formula is C8H13ClN2O2. The second-order valence-corrected chi connectivity index (χ2v) is 3.73. The van der Waals surface area contributed by atoms with Gasteiger partial charge in [0.25, 0.3) is 5.91 Å². The van der Waals surface area contributed by atoms with Crippen molar-refractivity contribution in [2.75, 3.05) is 13.1 Å². The van der Waals surface area contributed by atoms with Crippen LogP contribution in [0.4, 0.5) is 4.79 Å². The number of hydrogen-bond donors (Lipinski definition) is 0. The number of halogens is 1. The van der Waals surface area contributed by atoms with Crippen molar-refractivity contribution < 1.29 is 9.59 Å². The van der Waals surface area contributed by atoms with Gasteiger partial charge in [-0.3, -0.25) is 9.69 Å². The van der Waals surface area contributed by atoms with Gasteiger partial charge in [-0.05, 0) is 5.92 Å². The third-order valence-electron chi connectivity index (χ3n) is 2.20. The van der Waals surface area contributed by atoms with Crippen molar-refractivity contribution >= 4 is 23.7 Å². The van der Waals surface area contributed by atoms with Gasteiger partial charge in [0.15, 0.2) is 0 Å². The summed E-state index contributed by atoms with van der Waals surface area (Å²) in [6.45, 7) is 4.49. The molecule has 0 bridgehead atoms. The molecule has 1 aliphatic rings. The Labute approximate surface area is 82.5 Å². The molecular weight excluding hydrogens is 192 g/mol. The van der Waals surface area contributed by atoms with Crippen LogP contribution >= 0.6 is 11.8 Å². The van der Waals surface area contributed by atoms with Gasteiger partial charge in [0.05, 0.1) is 0 Å². The van der Waals surface area contributed by atoms with Gasteiger partial charge in [-0.2, -0.15) is 0 Å². The number of amides is 3. The predicted molar refractivity (Wildman–Crippen MR) is 49.1 cm³/mol. The molecule has 13 heavy (non-hydrogen) atoms. The van der Waals surface area contributed by atoms with Gasteiger partial charge in [-0.1, -0.05) is 20.3 Å². The van der Waals surface area contributed by atoms with Crippen molar-refractivity contribution in [2.45, 2.75) is 20.3 Å². The number of urea groups is 1. The highest BCUT2D eigenvalue weighted by molar-refractivity contribution is 6.26. The fourth-order valence-electron chi connectivity index (χ4n) is 1.13. The Balaban J connectivity index is 2.59. The standard InChI is InChI=1S/C8H13ClN2O2/c1-3-6(2)4-10-7(12)5-11(9)8(10)13/h6H,3-5H2,1-2H3. The van der Waals surface area contributed by atoms with Gasteiger partial charge in [-0.15, -0.1) is 0 Å². The Bertz CT molecular complexity index is 232. The zero-order valence-corrected chi connectivity index (χ0v) is 8.54. The number of imide groups is 1. The SMILES string of the molecule is CCC(C)CN1C(=O)CN(Cl)C1=O. The molecule has 1 rings (SSSR count). The molecule has 0 radical (unpaired) electrons. The second kappa shape index (κ2) is 3.96. The Morgan fingerprint density at radius 3 is 2.54 bits per heavy atom. The fraction of sp³-hybridized carbons (Fsp3) is 0.750. The number of carbonyl (C=O) groups excluding carboxylic acids is 2. The topological polar surface area (TPSA) is 40.6 Å². The molecule has 1 atom stereocenters. The summed E-state index contributed by atoms with van der Waals surface area (Å²) in [6, 6.07) is -0.396. The van der Waals surface area contributed by atoms with E-state index in [1.807, 2.05) is 13.8 Å². The highest BCUT2D eigenvalue weighted by atomic mass is 35.5. The molecule has 1 fully saturated rings. The number of rotatable bonds is 3. The third-order valence-corrected chi connectivity index (χ3v) is 2.47. The summed E-state index contributed by atoms with van der Waals surface area (Å²) < 4.78 is 0.921. The van der Waals surface area contributed by atoms with Crippen molar-refractivity contribution in [3.63, 3.8) is 0 Å². The number of nitrogens with zero attached hydrogens (tertiary/aromatic N) is 2. The molecule has 0 aromatic heterocycles. The van der Waals surface area contributed by atoms with Crippen LogP contribution < -0.4 is 0 Å². The first-order valence-corrected chi connectivity index (χ1v) is 4.67. The molecule has 0 spiro atoms. The summed E-state index contributed by atoms with van der Waals surface area (Å²) in [6.07, 6.45) is 0.944. The molecule has 1 aliphatic heterocycles. The normalized spacial score (nSPS) is 19.9. The van der Waals surface area contributed by atoms with Crippen LogP contribution in [0.3, 0.4) is 0 Å². The van der Waals surface area contributed by atoms with E-state index >= 15 is 0 Å². The molecule has 5 heteroatoms. The predicted octanol–water partition coefficient (Wildman–Crippen LogP) is 1.45. The summed E-state index contributed by atoms with van der Waals surface area (Å²) in [7, 11) is 0. The lowest BCUT2D eigenvalue weighted by Crippen LogP contribution is -2.34. The van der Waals surface area contributed by atoms with Crippen molar-refractivity contribution in [3.8, 4) is 0 Å². The lowest BCUT2D eigenvalue weighted by Gasteiger charge is -2.16. The van der Waals surface area contributed by atoms with Gasteiger partial charge in [0, 0.05) is 18.3 Å². The van der Waals surface area contributed by atoms with Crippen LogP contribution in [-0.4, -0.2) is 34.3 Å². The third kappa shape index (κ3) is 2.12. The zero-order valence-electron chi connectivity index (χ0n) is 7.79. The van der Waals surface area contributed by atoms with E-state index in [4.69, 9.17) is 11.8 Å². The maximum absolute atomic E-state index is 11.3. The quantitative estimate of drug-likeness (QED) is 0.516. The zero-order chi connectivity index (χ0) is 10.0. The van der Waals surface area contributed by atoms with Crippen molar-refractivity contribution in [2.24, 2.45) is 5.92 Å². The van der Waals surface area contributed by atoms with Gasteiger partial charge >= 0.3 is 6.03 Å². The molecule has 1 saturated heterocycles. The summed E-state index contributed by atoms with van der Waals surface area (Å²) in [5, 5.41) is 0. The Morgan fingerprint density at radius 1 is 1.54 bits per heavy atom. The summed E-state index contributed by atoms with van der Waals surface area (Å²) >= 11 is 5.50. The first-order chi connectivity index (χ1) is 6.06. The van der Waals surface area contributed by atoms with Gasteiger partial charge in [0.2, 0.25) is 0 Å². The van der Waals surface area contributed by atoms with Gasteiger partial charge in [-0.25, -0.2) is 9.21 Å². The van der Waals surface area contributed by atoms with E-state index in [1.54, 1.807) is 0 Å². The minimum absolute atomic E-state index is 0.00315. The molecule has 0 N–H and O–H groups in total. The van der Waals surface area contributed by atoms with Crippen LogP contribution in [0, 0.1) is 5.92 Å². The minimum atomic E-state index is -0.396. The molecule has 1 heterocycles. The van der Waals surface area contributed by atoms with Crippen molar-refractivity contribution in [1.29, 1.82) is 0 Å². The lowest BCUT2D eigenvalue weighted by molar-refractivity contribution is -0.125. The molecule has 0 aliphatic carbocycles. The molecule has 3 amide bonds. The molecule has 0 saturated carbocycles. The van der Waals surface area contributed by atoms with Gasteiger partial charge < -0.3 is 0 Å². The first kappa shape index (κ1) is 10.3. The van der Waals surface area contributed by atoms with Crippen molar-refractivity contribution in [1.82, 2.24) is 9.32 Å². The Morgan fingerprint density at radius 2 is 2.15 bits per heavy atom. The Hall–Kier alpha value is -0.770.